The Hall–Kier alpha value is -1.85. The van der Waals surface area contributed by atoms with Crippen molar-refractivity contribution >= 4 is 27.3 Å². The number of rotatable bonds is 6. The maximum Gasteiger partial charge on any atom is 0.220 e. The zero-order valence-electron chi connectivity index (χ0n) is 13.6. The molecule has 1 amide bonds. The third-order valence-electron chi connectivity index (χ3n) is 3.76. The molecule has 0 radical (unpaired) electrons. The summed E-state index contributed by atoms with van der Waals surface area (Å²) >= 11 is 6.08. The fourth-order valence-electron chi connectivity index (χ4n) is 2.35. The van der Waals surface area contributed by atoms with Crippen molar-refractivity contribution in [3.05, 3.63) is 64.7 Å². The van der Waals surface area contributed by atoms with Crippen LogP contribution in [0.5, 0.6) is 0 Å². The number of hydrogen-bond acceptors (Lipinski definition) is 3. The molecule has 1 atom stereocenters. The summed E-state index contributed by atoms with van der Waals surface area (Å²) in [7, 11) is -3.21. The van der Waals surface area contributed by atoms with Gasteiger partial charge in [0.15, 0.2) is 9.84 Å². The average Bonchev–Trinajstić information content (AvgIpc) is 2.53. The van der Waals surface area contributed by atoms with Crippen LogP contribution in [0.2, 0.25) is 5.02 Å². The van der Waals surface area contributed by atoms with E-state index in [0.717, 1.165) is 11.1 Å². The van der Waals surface area contributed by atoms with Gasteiger partial charge >= 0.3 is 0 Å². The van der Waals surface area contributed by atoms with E-state index in [1.54, 1.807) is 30.3 Å². The molecule has 2 aromatic carbocycles. The molecule has 0 aliphatic heterocycles. The summed E-state index contributed by atoms with van der Waals surface area (Å²) in [6.07, 6.45) is 2.09. The predicted octanol–water partition coefficient (Wildman–Crippen LogP) is 3.55. The normalized spacial score (nSPS) is 12.6. The molecule has 0 bridgehead atoms. The Morgan fingerprint density at radius 2 is 1.75 bits per heavy atom. The summed E-state index contributed by atoms with van der Waals surface area (Å²) in [5.74, 6) is -0.0744. The Labute approximate surface area is 147 Å². The molecule has 0 aromatic heterocycles. The van der Waals surface area contributed by atoms with E-state index in [4.69, 9.17) is 11.6 Å². The number of amides is 1. The lowest BCUT2D eigenvalue weighted by atomic mass is 10.1. The van der Waals surface area contributed by atoms with E-state index < -0.39 is 9.84 Å². The van der Waals surface area contributed by atoms with Crippen molar-refractivity contribution in [3.63, 3.8) is 0 Å². The summed E-state index contributed by atoms with van der Waals surface area (Å²) in [6, 6.07) is 13.8. The fraction of sp³-hybridized carbons (Fsp3) is 0.278. The molecule has 0 heterocycles. The van der Waals surface area contributed by atoms with Crippen LogP contribution in [0.4, 0.5) is 0 Å². The van der Waals surface area contributed by atoms with Gasteiger partial charge in [0.05, 0.1) is 10.9 Å². The standard InChI is InChI=1S/C18H20ClNO3S/c1-13(14-7-10-16(11-8-14)24(2,22)23)20-18(21)12-9-15-5-3-4-6-17(15)19/h3-8,10-11,13H,9,12H2,1-2H3,(H,20,21). The average molecular weight is 366 g/mol. The van der Waals surface area contributed by atoms with Crippen LogP contribution in [0.15, 0.2) is 53.4 Å². The highest BCUT2D eigenvalue weighted by Crippen LogP contribution is 2.18. The van der Waals surface area contributed by atoms with E-state index in [9.17, 15) is 13.2 Å². The Balaban J connectivity index is 1.93. The molecule has 0 fully saturated rings. The minimum Gasteiger partial charge on any atom is -0.350 e. The van der Waals surface area contributed by atoms with Crippen molar-refractivity contribution in [1.82, 2.24) is 5.32 Å². The topological polar surface area (TPSA) is 63.2 Å². The van der Waals surface area contributed by atoms with Crippen LogP contribution >= 0.6 is 11.6 Å². The number of nitrogens with one attached hydrogen (secondary N) is 1. The summed E-state index contributed by atoms with van der Waals surface area (Å²) in [5.41, 5.74) is 1.80. The lowest BCUT2D eigenvalue weighted by Gasteiger charge is -2.15. The molecule has 2 rings (SSSR count). The first kappa shape index (κ1) is 18.5. The lowest BCUT2D eigenvalue weighted by Crippen LogP contribution is -2.26. The first-order chi connectivity index (χ1) is 11.3. The van der Waals surface area contributed by atoms with Crippen LogP contribution in [0.3, 0.4) is 0 Å². The molecule has 2 aromatic rings. The second kappa shape index (κ2) is 7.81. The Morgan fingerprint density at radius 1 is 1.12 bits per heavy atom. The quantitative estimate of drug-likeness (QED) is 0.851. The highest BCUT2D eigenvalue weighted by molar-refractivity contribution is 7.90. The first-order valence-electron chi connectivity index (χ1n) is 7.60. The van der Waals surface area contributed by atoms with E-state index in [-0.39, 0.29) is 16.8 Å². The smallest absolute Gasteiger partial charge is 0.220 e. The van der Waals surface area contributed by atoms with Gasteiger partial charge in [0, 0.05) is 17.7 Å². The number of halogens is 1. The van der Waals surface area contributed by atoms with Gasteiger partial charge in [0.1, 0.15) is 0 Å². The molecule has 0 spiro atoms. The number of aryl methyl sites for hydroxylation is 1. The van der Waals surface area contributed by atoms with E-state index >= 15 is 0 Å². The van der Waals surface area contributed by atoms with Gasteiger partial charge in [0.2, 0.25) is 5.91 Å². The second-order valence-corrected chi connectivity index (χ2v) is 8.14. The molecule has 24 heavy (non-hydrogen) atoms. The van der Waals surface area contributed by atoms with Crippen LogP contribution in [0.25, 0.3) is 0 Å². The predicted molar refractivity (Wildman–Crippen MR) is 95.9 cm³/mol. The summed E-state index contributed by atoms with van der Waals surface area (Å²) < 4.78 is 22.9. The lowest BCUT2D eigenvalue weighted by molar-refractivity contribution is -0.121. The highest BCUT2D eigenvalue weighted by atomic mass is 35.5. The van der Waals surface area contributed by atoms with Gasteiger partial charge in [-0.1, -0.05) is 41.9 Å². The number of sulfone groups is 1. The Kier molecular flexibility index (Phi) is 6.02. The minimum atomic E-state index is -3.21. The molecular formula is C18H20ClNO3S. The van der Waals surface area contributed by atoms with Gasteiger partial charge < -0.3 is 5.32 Å². The number of hydrogen-bond donors (Lipinski definition) is 1. The van der Waals surface area contributed by atoms with Gasteiger partial charge in [-0.05, 0) is 42.7 Å². The second-order valence-electron chi connectivity index (χ2n) is 5.72. The highest BCUT2D eigenvalue weighted by Gasteiger charge is 2.12. The van der Waals surface area contributed by atoms with Gasteiger partial charge in [0.25, 0.3) is 0 Å². The zero-order valence-corrected chi connectivity index (χ0v) is 15.2. The van der Waals surface area contributed by atoms with Gasteiger partial charge in [-0.25, -0.2) is 8.42 Å². The van der Waals surface area contributed by atoms with Crippen molar-refractivity contribution in [1.29, 1.82) is 0 Å². The zero-order chi connectivity index (χ0) is 17.7. The largest absolute Gasteiger partial charge is 0.350 e. The molecule has 0 aliphatic rings. The molecule has 1 N–H and O–H groups in total. The molecular weight excluding hydrogens is 346 g/mol. The Morgan fingerprint density at radius 3 is 2.33 bits per heavy atom. The van der Waals surface area contributed by atoms with Crippen LogP contribution in [0.1, 0.15) is 30.5 Å². The Bertz CT molecular complexity index is 816. The molecule has 0 saturated carbocycles. The first-order valence-corrected chi connectivity index (χ1v) is 9.87. The van der Waals surface area contributed by atoms with Crippen molar-refractivity contribution < 1.29 is 13.2 Å². The third-order valence-corrected chi connectivity index (χ3v) is 5.26. The van der Waals surface area contributed by atoms with E-state index in [1.165, 1.54) is 6.26 Å². The number of carbonyl (C=O) groups excluding carboxylic acids is 1. The maximum absolute atomic E-state index is 12.1. The van der Waals surface area contributed by atoms with E-state index in [0.29, 0.717) is 17.9 Å². The monoisotopic (exact) mass is 365 g/mol. The maximum atomic E-state index is 12.1. The summed E-state index contributed by atoms with van der Waals surface area (Å²) in [4.78, 5) is 12.4. The number of benzene rings is 2. The van der Waals surface area contributed by atoms with Gasteiger partial charge in [-0.2, -0.15) is 0 Å². The van der Waals surface area contributed by atoms with E-state index in [1.807, 2.05) is 25.1 Å². The van der Waals surface area contributed by atoms with Gasteiger partial charge in [-0.15, -0.1) is 0 Å². The van der Waals surface area contributed by atoms with Crippen molar-refractivity contribution in [2.75, 3.05) is 6.26 Å². The third kappa shape index (κ3) is 5.08. The molecule has 0 saturated heterocycles. The van der Waals surface area contributed by atoms with Crippen LogP contribution in [-0.2, 0) is 21.1 Å². The summed E-state index contributed by atoms with van der Waals surface area (Å²) in [5, 5.41) is 3.57. The fourth-order valence-corrected chi connectivity index (χ4v) is 3.21. The molecule has 0 aliphatic carbocycles. The van der Waals surface area contributed by atoms with Gasteiger partial charge in [-0.3, -0.25) is 4.79 Å². The van der Waals surface area contributed by atoms with Crippen molar-refractivity contribution in [2.45, 2.75) is 30.7 Å². The molecule has 6 heteroatoms. The van der Waals surface area contributed by atoms with Crippen molar-refractivity contribution in [3.8, 4) is 0 Å². The summed E-state index contributed by atoms with van der Waals surface area (Å²) in [6.45, 7) is 1.86. The SMILES string of the molecule is CC(NC(=O)CCc1ccccc1Cl)c1ccc(S(C)(=O)=O)cc1. The molecule has 1 unspecified atom stereocenters. The number of carbonyl (C=O) groups is 1. The van der Waals surface area contributed by atoms with Crippen LogP contribution in [0, 0.1) is 0 Å². The van der Waals surface area contributed by atoms with Crippen molar-refractivity contribution in [2.24, 2.45) is 0 Å². The van der Waals surface area contributed by atoms with E-state index in [2.05, 4.69) is 5.32 Å². The van der Waals surface area contributed by atoms with Crippen LogP contribution < -0.4 is 5.32 Å². The molecule has 4 nitrogen and oxygen atoms in total. The van der Waals surface area contributed by atoms with Crippen LogP contribution in [-0.4, -0.2) is 20.6 Å². The molecule has 128 valence electrons. The minimum absolute atomic E-state index is 0.0744.